The van der Waals surface area contributed by atoms with Gasteiger partial charge in [0.25, 0.3) is 5.91 Å². The molecule has 0 aliphatic heterocycles. The van der Waals surface area contributed by atoms with Gasteiger partial charge in [-0.1, -0.05) is 65.0 Å². The summed E-state index contributed by atoms with van der Waals surface area (Å²) in [5.41, 5.74) is 4.99. The SMILES string of the molecule is CC[C@H](NC(=O)[C@@H](CC)Oc1ccc(C(C)(C)C)cc1)c1ccc(C)c(C)c1. The van der Waals surface area contributed by atoms with Gasteiger partial charge in [-0.15, -0.1) is 0 Å². The van der Waals surface area contributed by atoms with Crippen LogP contribution in [0.3, 0.4) is 0 Å². The number of rotatable bonds is 7. The molecule has 28 heavy (non-hydrogen) atoms. The molecule has 2 aromatic carbocycles. The molecule has 0 heterocycles. The first kappa shape index (κ1) is 22.0. The Morgan fingerprint density at radius 2 is 1.61 bits per heavy atom. The molecule has 0 aliphatic rings. The Bertz CT molecular complexity index is 787. The van der Waals surface area contributed by atoms with E-state index in [0.717, 1.165) is 17.7 Å². The summed E-state index contributed by atoms with van der Waals surface area (Å²) in [6.07, 6.45) is 0.960. The Balaban J connectivity index is 2.08. The molecule has 0 saturated carbocycles. The highest BCUT2D eigenvalue weighted by Gasteiger charge is 2.22. The van der Waals surface area contributed by atoms with Crippen LogP contribution in [0.5, 0.6) is 5.75 Å². The molecule has 2 aromatic rings. The van der Waals surface area contributed by atoms with Crippen molar-refractivity contribution in [2.24, 2.45) is 0 Å². The fraction of sp³-hybridized carbons (Fsp3) is 0.480. The number of carbonyl (C=O) groups is 1. The van der Waals surface area contributed by atoms with Gasteiger partial charge in [-0.05, 0) is 66.5 Å². The zero-order chi connectivity index (χ0) is 20.9. The average Bonchev–Trinajstić information content (AvgIpc) is 2.66. The van der Waals surface area contributed by atoms with Gasteiger partial charge in [0.05, 0.1) is 6.04 Å². The maximum Gasteiger partial charge on any atom is 0.261 e. The Hall–Kier alpha value is -2.29. The van der Waals surface area contributed by atoms with Gasteiger partial charge >= 0.3 is 0 Å². The van der Waals surface area contributed by atoms with Gasteiger partial charge in [0.1, 0.15) is 5.75 Å². The van der Waals surface area contributed by atoms with Crippen molar-refractivity contribution >= 4 is 5.91 Å². The summed E-state index contributed by atoms with van der Waals surface area (Å²) in [6.45, 7) is 14.8. The number of ether oxygens (including phenoxy) is 1. The molecule has 0 unspecified atom stereocenters. The number of hydrogen-bond acceptors (Lipinski definition) is 2. The van der Waals surface area contributed by atoms with Gasteiger partial charge in [-0.3, -0.25) is 4.79 Å². The van der Waals surface area contributed by atoms with Crippen LogP contribution in [0, 0.1) is 13.8 Å². The highest BCUT2D eigenvalue weighted by atomic mass is 16.5. The van der Waals surface area contributed by atoms with Crippen molar-refractivity contribution in [2.75, 3.05) is 0 Å². The van der Waals surface area contributed by atoms with Crippen LogP contribution in [0.25, 0.3) is 0 Å². The van der Waals surface area contributed by atoms with Crippen molar-refractivity contribution < 1.29 is 9.53 Å². The predicted octanol–water partition coefficient (Wildman–Crippen LogP) is 6.03. The number of aryl methyl sites for hydroxylation is 2. The first-order chi connectivity index (χ1) is 13.2. The lowest BCUT2D eigenvalue weighted by Gasteiger charge is -2.23. The van der Waals surface area contributed by atoms with Crippen molar-refractivity contribution in [3.63, 3.8) is 0 Å². The normalized spacial score (nSPS) is 13.7. The molecule has 0 bridgehead atoms. The van der Waals surface area contributed by atoms with Gasteiger partial charge in [0.15, 0.2) is 6.10 Å². The third-order valence-electron chi connectivity index (χ3n) is 5.32. The van der Waals surface area contributed by atoms with Crippen LogP contribution in [0.15, 0.2) is 42.5 Å². The van der Waals surface area contributed by atoms with Crippen LogP contribution in [-0.2, 0) is 10.2 Å². The van der Waals surface area contributed by atoms with E-state index in [4.69, 9.17) is 4.74 Å². The van der Waals surface area contributed by atoms with E-state index in [1.165, 1.54) is 16.7 Å². The van der Waals surface area contributed by atoms with Crippen molar-refractivity contribution in [3.8, 4) is 5.75 Å². The Labute approximate surface area is 170 Å². The van der Waals surface area contributed by atoms with Gasteiger partial charge in [0.2, 0.25) is 0 Å². The number of amides is 1. The smallest absolute Gasteiger partial charge is 0.261 e. The highest BCUT2D eigenvalue weighted by molar-refractivity contribution is 5.81. The predicted molar refractivity (Wildman–Crippen MR) is 117 cm³/mol. The number of benzene rings is 2. The van der Waals surface area contributed by atoms with E-state index < -0.39 is 6.10 Å². The summed E-state index contributed by atoms with van der Waals surface area (Å²) < 4.78 is 6.01. The molecule has 152 valence electrons. The molecule has 0 spiro atoms. The first-order valence-electron chi connectivity index (χ1n) is 10.3. The third-order valence-corrected chi connectivity index (χ3v) is 5.32. The molecule has 2 atom stereocenters. The zero-order valence-electron chi connectivity index (χ0n) is 18.4. The second kappa shape index (κ2) is 9.27. The van der Waals surface area contributed by atoms with Crippen LogP contribution < -0.4 is 10.1 Å². The lowest BCUT2D eigenvalue weighted by Crippen LogP contribution is -2.40. The summed E-state index contributed by atoms with van der Waals surface area (Å²) in [4.78, 5) is 12.9. The van der Waals surface area contributed by atoms with Crippen molar-refractivity contribution in [2.45, 2.75) is 78.9 Å². The Morgan fingerprint density at radius 3 is 2.11 bits per heavy atom. The van der Waals surface area contributed by atoms with E-state index >= 15 is 0 Å². The summed E-state index contributed by atoms with van der Waals surface area (Å²) in [5, 5.41) is 3.17. The molecule has 3 heteroatoms. The number of nitrogens with one attached hydrogen (secondary N) is 1. The minimum Gasteiger partial charge on any atom is -0.481 e. The molecule has 0 radical (unpaired) electrons. The van der Waals surface area contributed by atoms with Gasteiger partial charge in [-0.25, -0.2) is 0 Å². The van der Waals surface area contributed by atoms with Crippen LogP contribution in [-0.4, -0.2) is 12.0 Å². The fourth-order valence-electron chi connectivity index (χ4n) is 3.19. The molecule has 1 N–H and O–H groups in total. The minimum absolute atomic E-state index is 0.00674. The summed E-state index contributed by atoms with van der Waals surface area (Å²) in [5.74, 6) is 0.668. The minimum atomic E-state index is -0.499. The van der Waals surface area contributed by atoms with Gasteiger partial charge < -0.3 is 10.1 Å². The Kier molecular flexibility index (Phi) is 7.29. The summed E-state index contributed by atoms with van der Waals surface area (Å²) >= 11 is 0. The molecule has 0 fully saturated rings. The quantitative estimate of drug-likeness (QED) is 0.636. The lowest BCUT2D eigenvalue weighted by atomic mass is 9.87. The van der Waals surface area contributed by atoms with E-state index in [9.17, 15) is 4.79 Å². The summed E-state index contributed by atoms with van der Waals surface area (Å²) in [7, 11) is 0. The van der Waals surface area contributed by atoms with Gasteiger partial charge in [-0.2, -0.15) is 0 Å². The monoisotopic (exact) mass is 381 g/mol. The topological polar surface area (TPSA) is 38.3 Å². The molecule has 3 nitrogen and oxygen atoms in total. The largest absolute Gasteiger partial charge is 0.481 e. The average molecular weight is 382 g/mol. The van der Waals surface area contributed by atoms with Crippen molar-refractivity contribution in [1.29, 1.82) is 0 Å². The number of carbonyl (C=O) groups excluding carboxylic acids is 1. The molecule has 1 amide bonds. The van der Waals surface area contributed by atoms with E-state index in [-0.39, 0.29) is 17.4 Å². The van der Waals surface area contributed by atoms with Crippen molar-refractivity contribution in [3.05, 3.63) is 64.7 Å². The van der Waals surface area contributed by atoms with Crippen LogP contribution in [0.1, 0.15) is 75.8 Å². The lowest BCUT2D eigenvalue weighted by molar-refractivity contribution is -0.128. The van der Waals surface area contributed by atoms with E-state index in [1.807, 2.05) is 19.1 Å². The first-order valence-corrected chi connectivity index (χ1v) is 10.3. The van der Waals surface area contributed by atoms with E-state index in [2.05, 4.69) is 77.2 Å². The van der Waals surface area contributed by atoms with Crippen LogP contribution >= 0.6 is 0 Å². The molecular weight excluding hydrogens is 346 g/mol. The highest BCUT2D eigenvalue weighted by Crippen LogP contribution is 2.25. The van der Waals surface area contributed by atoms with E-state index in [1.54, 1.807) is 0 Å². The number of hydrogen-bond donors (Lipinski definition) is 1. The fourth-order valence-corrected chi connectivity index (χ4v) is 3.19. The second-order valence-corrected chi connectivity index (χ2v) is 8.60. The second-order valence-electron chi connectivity index (χ2n) is 8.60. The van der Waals surface area contributed by atoms with Crippen LogP contribution in [0.2, 0.25) is 0 Å². The van der Waals surface area contributed by atoms with Crippen LogP contribution in [0.4, 0.5) is 0 Å². The maximum absolute atomic E-state index is 12.9. The van der Waals surface area contributed by atoms with Crippen molar-refractivity contribution in [1.82, 2.24) is 5.32 Å². The molecule has 0 saturated heterocycles. The molecular formula is C25H35NO2. The molecule has 0 aliphatic carbocycles. The molecule has 2 rings (SSSR count). The van der Waals surface area contributed by atoms with E-state index in [0.29, 0.717) is 6.42 Å². The maximum atomic E-state index is 12.9. The standard InChI is InChI=1S/C25H35NO2/c1-8-22(19-11-10-17(3)18(4)16-19)26-24(27)23(9-2)28-21-14-12-20(13-15-21)25(5,6)7/h10-16,22-23H,8-9H2,1-7H3,(H,26,27)/t22-,23+/m0/s1. The molecule has 0 aromatic heterocycles. The summed E-state index contributed by atoms with van der Waals surface area (Å²) in [6, 6.07) is 14.4. The van der Waals surface area contributed by atoms with Gasteiger partial charge in [0, 0.05) is 0 Å². The Morgan fingerprint density at radius 1 is 0.964 bits per heavy atom. The zero-order valence-corrected chi connectivity index (χ0v) is 18.4. The third kappa shape index (κ3) is 5.60.